The van der Waals surface area contributed by atoms with Crippen LogP contribution in [0, 0.1) is 0 Å². The zero-order chi connectivity index (χ0) is 19.9. The summed E-state index contributed by atoms with van der Waals surface area (Å²) >= 11 is 0. The molecule has 2 aliphatic rings. The molecule has 1 aromatic carbocycles. The number of fused-ring (bicyclic) bond motifs is 1. The minimum absolute atomic E-state index is 0.184. The number of aromatic amines is 1. The molecule has 2 heterocycles. The summed E-state index contributed by atoms with van der Waals surface area (Å²) in [5.74, 6) is -4.98. The first kappa shape index (κ1) is 19.6. The van der Waals surface area contributed by atoms with Crippen molar-refractivity contribution in [3.8, 4) is 5.75 Å². The van der Waals surface area contributed by atoms with Crippen molar-refractivity contribution in [2.75, 3.05) is 20.2 Å². The van der Waals surface area contributed by atoms with E-state index in [1.807, 2.05) is 12.3 Å². The van der Waals surface area contributed by atoms with Crippen LogP contribution in [0.2, 0.25) is 0 Å². The van der Waals surface area contributed by atoms with E-state index in [1.54, 1.807) is 12.1 Å². The van der Waals surface area contributed by atoms with E-state index in [2.05, 4.69) is 16.9 Å². The summed E-state index contributed by atoms with van der Waals surface area (Å²) in [4.78, 5) is 5.53. The maximum absolute atomic E-state index is 10.8. The number of aromatic nitrogens is 1. The lowest BCUT2D eigenvalue weighted by Gasteiger charge is -2.44. The third kappa shape index (κ3) is 3.63. The summed E-state index contributed by atoms with van der Waals surface area (Å²) in [6.07, 6.45) is 4.45. The topological polar surface area (TPSA) is 118 Å². The van der Waals surface area contributed by atoms with Crippen molar-refractivity contribution in [1.29, 1.82) is 0 Å². The van der Waals surface area contributed by atoms with Gasteiger partial charge in [0.25, 0.3) is 5.79 Å². The largest absolute Gasteiger partial charge is 0.434 e. The van der Waals surface area contributed by atoms with E-state index in [-0.39, 0.29) is 25.2 Å². The van der Waals surface area contributed by atoms with E-state index < -0.39 is 17.9 Å². The average molecular weight is 392 g/mol. The van der Waals surface area contributed by atoms with E-state index in [1.165, 1.54) is 12.8 Å². The van der Waals surface area contributed by atoms with Gasteiger partial charge in [-0.1, -0.05) is 6.07 Å². The molecule has 1 saturated carbocycles. The number of hydrogen-bond acceptors (Lipinski definition) is 7. The molecule has 0 spiro atoms. The molecule has 5 N–H and O–H groups in total. The second-order valence-corrected chi connectivity index (χ2v) is 7.92. The molecule has 0 bridgehead atoms. The van der Waals surface area contributed by atoms with Crippen LogP contribution in [-0.2, 0) is 11.2 Å². The molecule has 1 aliphatic heterocycles. The lowest BCUT2D eigenvalue weighted by atomic mass is 10.0. The highest BCUT2D eigenvalue weighted by Gasteiger charge is 2.57. The molecule has 1 aromatic heterocycles. The van der Waals surface area contributed by atoms with Crippen LogP contribution in [-0.4, -0.2) is 74.4 Å². The molecule has 28 heavy (non-hydrogen) atoms. The maximum Gasteiger partial charge on any atom is 0.382 e. The standard InChI is InChI=1S/C20H28N2O6/c1-22(14-5-6-14)10-8-13-11-21-16-3-2-4-17(18(13)16)28-20(26)19(24,25)9-7-15(12-23)27-20/h2-4,11,14-15,21,23-26H,5-10,12H2,1H3. The predicted molar refractivity (Wildman–Crippen MR) is 102 cm³/mol. The number of aliphatic hydroxyl groups excluding tert-OH is 1. The number of H-pyrrole nitrogens is 1. The number of nitrogens with zero attached hydrogens (tertiary/aromatic N) is 1. The van der Waals surface area contributed by atoms with Gasteiger partial charge in [-0.15, -0.1) is 0 Å². The molecule has 0 radical (unpaired) electrons. The zero-order valence-corrected chi connectivity index (χ0v) is 16.0. The van der Waals surface area contributed by atoms with Gasteiger partial charge in [0.2, 0.25) is 0 Å². The van der Waals surface area contributed by atoms with Gasteiger partial charge in [0, 0.05) is 36.1 Å². The molecule has 2 atom stereocenters. The minimum atomic E-state index is -2.67. The quantitative estimate of drug-likeness (QED) is 0.440. The summed E-state index contributed by atoms with van der Waals surface area (Å²) in [6, 6.07) is 5.96. The molecule has 154 valence electrons. The molecule has 2 fully saturated rings. The molecule has 1 saturated heterocycles. The number of hydrogen-bond donors (Lipinski definition) is 5. The molecule has 8 nitrogen and oxygen atoms in total. The summed E-state index contributed by atoms with van der Waals surface area (Å²) in [7, 11) is 2.11. The van der Waals surface area contributed by atoms with Crippen LogP contribution in [0.3, 0.4) is 0 Å². The van der Waals surface area contributed by atoms with Gasteiger partial charge in [-0.05, 0) is 50.4 Å². The van der Waals surface area contributed by atoms with E-state index in [0.29, 0.717) is 6.04 Å². The van der Waals surface area contributed by atoms with Gasteiger partial charge in [0.15, 0.2) is 0 Å². The fraction of sp³-hybridized carbons (Fsp3) is 0.600. The van der Waals surface area contributed by atoms with Gasteiger partial charge in [0.1, 0.15) is 5.75 Å². The van der Waals surface area contributed by atoms with Crippen LogP contribution in [0.25, 0.3) is 10.9 Å². The van der Waals surface area contributed by atoms with Gasteiger partial charge < -0.3 is 39.8 Å². The van der Waals surface area contributed by atoms with Crippen molar-refractivity contribution in [2.45, 2.75) is 56.0 Å². The van der Waals surface area contributed by atoms with Crippen LogP contribution < -0.4 is 4.74 Å². The zero-order valence-electron chi connectivity index (χ0n) is 16.0. The third-order valence-electron chi connectivity index (χ3n) is 5.75. The SMILES string of the molecule is CN(CCc1c[nH]c2cccc(OC3(O)OC(CO)CCC3(O)O)c12)C1CC1. The molecular formula is C20H28N2O6. The second-order valence-electron chi connectivity index (χ2n) is 7.92. The van der Waals surface area contributed by atoms with Crippen molar-refractivity contribution >= 4 is 10.9 Å². The van der Waals surface area contributed by atoms with Gasteiger partial charge in [0.05, 0.1) is 12.7 Å². The van der Waals surface area contributed by atoms with E-state index in [0.717, 1.165) is 29.4 Å². The van der Waals surface area contributed by atoms with E-state index in [4.69, 9.17) is 9.47 Å². The summed E-state index contributed by atoms with van der Waals surface area (Å²) in [5, 5.41) is 41.4. The number of rotatable bonds is 7. The molecule has 1 aliphatic carbocycles. The number of likely N-dealkylation sites (N-methyl/N-ethyl adjacent to an activating group) is 1. The first-order valence-electron chi connectivity index (χ1n) is 9.77. The van der Waals surface area contributed by atoms with Crippen LogP contribution in [0.4, 0.5) is 0 Å². The van der Waals surface area contributed by atoms with Crippen molar-refractivity contribution in [2.24, 2.45) is 0 Å². The Hall–Kier alpha value is -1.68. The number of benzene rings is 1. The first-order valence-corrected chi connectivity index (χ1v) is 9.77. The number of nitrogens with one attached hydrogen (secondary N) is 1. The second kappa shape index (κ2) is 7.29. The van der Waals surface area contributed by atoms with Gasteiger partial charge in [-0.3, -0.25) is 0 Å². The summed E-state index contributed by atoms with van der Waals surface area (Å²) < 4.78 is 11.0. The highest BCUT2D eigenvalue weighted by Crippen LogP contribution is 2.39. The van der Waals surface area contributed by atoms with Crippen LogP contribution in [0.1, 0.15) is 31.2 Å². The average Bonchev–Trinajstić information content (AvgIpc) is 3.43. The number of aliphatic hydroxyl groups is 4. The lowest BCUT2D eigenvalue weighted by molar-refractivity contribution is -0.474. The van der Waals surface area contributed by atoms with E-state index in [9.17, 15) is 20.4 Å². The lowest BCUT2D eigenvalue weighted by Crippen LogP contribution is -2.64. The van der Waals surface area contributed by atoms with Crippen molar-refractivity contribution < 1.29 is 29.9 Å². The Labute approximate surface area is 163 Å². The monoisotopic (exact) mass is 392 g/mol. The van der Waals surface area contributed by atoms with Crippen LogP contribution in [0.5, 0.6) is 5.75 Å². The smallest absolute Gasteiger partial charge is 0.382 e. The normalized spacial score (nSPS) is 27.4. The minimum Gasteiger partial charge on any atom is -0.434 e. The fourth-order valence-electron chi connectivity index (χ4n) is 3.78. The first-order chi connectivity index (χ1) is 13.3. The molecule has 8 heteroatoms. The molecule has 4 rings (SSSR count). The highest BCUT2D eigenvalue weighted by atomic mass is 16.9. The fourth-order valence-corrected chi connectivity index (χ4v) is 3.78. The van der Waals surface area contributed by atoms with E-state index >= 15 is 0 Å². The Morgan fingerprint density at radius 3 is 2.75 bits per heavy atom. The predicted octanol–water partition coefficient (Wildman–Crippen LogP) is 0.682. The molecule has 0 amide bonds. The number of ether oxygens (including phenoxy) is 2. The third-order valence-corrected chi connectivity index (χ3v) is 5.75. The molecular weight excluding hydrogens is 364 g/mol. The van der Waals surface area contributed by atoms with Crippen molar-refractivity contribution in [3.05, 3.63) is 30.0 Å². The summed E-state index contributed by atoms with van der Waals surface area (Å²) in [5.41, 5.74) is 1.83. The molecule has 2 aromatic rings. The summed E-state index contributed by atoms with van der Waals surface area (Å²) in [6.45, 7) is 0.540. The van der Waals surface area contributed by atoms with Gasteiger partial charge in [-0.2, -0.15) is 0 Å². The highest BCUT2D eigenvalue weighted by molar-refractivity contribution is 5.89. The van der Waals surface area contributed by atoms with Crippen LogP contribution in [0.15, 0.2) is 24.4 Å². The molecule has 2 unspecified atom stereocenters. The Kier molecular flexibility index (Phi) is 5.11. The Morgan fingerprint density at radius 2 is 2.04 bits per heavy atom. The van der Waals surface area contributed by atoms with Gasteiger partial charge in [-0.25, -0.2) is 0 Å². The van der Waals surface area contributed by atoms with Crippen molar-refractivity contribution in [3.63, 3.8) is 0 Å². The Morgan fingerprint density at radius 1 is 1.25 bits per heavy atom. The van der Waals surface area contributed by atoms with Gasteiger partial charge >= 0.3 is 5.97 Å². The Balaban J connectivity index is 1.61. The van der Waals surface area contributed by atoms with Crippen LogP contribution >= 0.6 is 0 Å². The maximum atomic E-state index is 10.8. The Bertz CT molecular complexity index is 833. The van der Waals surface area contributed by atoms with Crippen molar-refractivity contribution in [1.82, 2.24) is 9.88 Å².